The highest BCUT2D eigenvalue weighted by Crippen LogP contribution is 2.21. The average molecular weight is 339 g/mol. The largest absolute Gasteiger partial charge is 0.378 e. The summed E-state index contributed by atoms with van der Waals surface area (Å²) in [5.41, 5.74) is 1.00. The van der Waals surface area contributed by atoms with Crippen molar-refractivity contribution in [1.82, 2.24) is 10.3 Å². The third-order valence-corrected chi connectivity index (χ3v) is 4.29. The molecular weight excluding hydrogens is 320 g/mol. The maximum absolute atomic E-state index is 12.3. The standard InChI is InChI=1S/C16H19ClN2O2S/c1-16(2,8-11-6-4-5-7-12(11)17)19-15(20)13-10-22-14(18-13)9-21-3/h4-7,10H,8-9H2,1-3H3,(H,19,20). The number of methoxy groups -OCH3 is 1. The van der Waals surface area contributed by atoms with Crippen LogP contribution < -0.4 is 5.32 Å². The lowest BCUT2D eigenvalue weighted by Crippen LogP contribution is -2.45. The molecule has 118 valence electrons. The van der Waals surface area contributed by atoms with E-state index in [1.807, 2.05) is 38.1 Å². The van der Waals surface area contributed by atoms with Crippen molar-refractivity contribution in [3.8, 4) is 0 Å². The van der Waals surface area contributed by atoms with Crippen LogP contribution in [0.2, 0.25) is 5.02 Å². The van der Waals surface area contributed by atoms with Crippen LogP contribution in [0.4, 0.5) is 0 Å². The van der Waals surface area contributed by atoms with Crippen molar-refractivity contribution < 1.29 is 9.53 Å². The molecule has 1 amide bonds. The molecule has 2 rings (SSSR count). The van der Waals surface area contributed by atoms with Crippen molar-refractivity contribution >= 4 is 28.8 Å². The number of nitrogens with one attached hydrogen (secondary N) is 1. The summed E-state index contributed by atoms with van der Waals surface area (Å²) in [6, 6.07) is 7.66. The van der Waals surface area contributed by atoms with E-state index in [2.05, 4.69) is 10.3 Å². The Morgan fingerprint density at radius 2 is 2.14 bits per heavy atom. The van der Waals surface area contributed by atoms with Crippen LogP contribution in [0.3, 0.4) is 0 Å². The van der Waals surface area contributed by atoms with Gasteiger partial charge in [-0.2, -0.15) is 0 Å². The molecule has 1 aromatic heterocycles. The van der Waals surface area contributed by atoms with Crippen LogP contribution in [0.15, 0.2) is 29.6 Å². The fourth-order valence-corrected chi connectivity index (χ4v) is 3.09. The van der Waals surface area contributed by atoms with Crippen LogP contribution in [-0.4, -0.2) is 23.5 Å². The maximum atomic E-state index is 12.3. The predicted octanol–water partition coefficient (Wildman–Crippen LogP) is 3.69. The molecule has 0 saturated carbocycles. The summed E-state index contributed by atoms with van der Waals surface area (Å²) in [7, 11) is 1.61. The van der Waals surface area contributed by atoms with Crippen LogP contribution in [0, 0.1) is 0 Å². The summed E-state index contributed by atoms with van der Waals surface area (Å²) in [6.45, 7) is 4.36. The lowest BCUT2D eigenvalue weighted by Gasteiger charge is -2.26. The smallest absolute Gasteiger partial charge is 0.271 e. The number of carbonyl (C=O) groups is 1. The Morgan fingerprint density at radius 1 is 1.41 bits per heavy atom. The molecule has 2 aromatic rings. The van der Waals surface area contributed by atoms with Crippen molar-refractivity contribution in [2.75, 3.05) is 7.11 Å². The second-order valence-electron chi connectivity index (χ2n) is 5.67. The quantitative estimate of drug-likeness (QED) is 0.873. The predicted molar refractivity (Wildman–Crippen MR) is 89.5 cm³/mol. The number of rotatable bonds is 6. The first-order chi connectivity index (χ1) is 10.4. The summed E-state index contributed by atoms with van der Waals surface area (Å²) in [6.07, 6.45) is 0.646. The first-order valence-corrected chi connectivity index (χ1v) is 8.16. The highest BCUT2D eigenvalue weighted by molar-refractivity contribution is 7.09. The van der Waals surface area contributed by atoms with E-state index in [4.69, 9.17) is 16.3 Å². The molecule has 1 aromatic carbocycles. The molecule has 0 aliphatic carbocycles. The lowest BCUT2D eigenvalue weighted by molar-refractivity contribution is 0.0908. The van der Waals surface area contributed by atoms with E-state index < -0.39 is 5.54 Å². The highest BCUT2D eigenvalue weighted by atomic mass is 35.5. The van der Waals surface area contributed by atoms with Gasteiger partial charge in [0, 0.05) is 23.1 Å². The Kier molecular flexibility index (Phi) is 5.56. The number of halogens is 1. The minimum absolute atomic E-state index is 0.185. The van der Waals surface area contributed by atoms with Gasteiger partial charge in [0.1, 0.15) is 10.7 Å². The Labute approximate surface area is 139 Å². The van der Waals surface area contributed by atoms with Gasteiger partial charge in [0.25, 0.3) is 5.91 Å². The van der Waals surface area contributed by atoms with E-state index >= 15 is 0 Å². The van der Waals surface area contributed by atoms with Crippen molar-refractivity contribution in [3.63, 3.8) is 0 Å². The van der Waals surface area contributed by atoms with E-state index in [9.17, 15) is 4.79 Å². The number of aromatic nitrogens is 1. The fourth-order valence-electron chi connectivity index (χ4n) is 2.14. The molecule has 0 bridgehead atoms. The zero-order valence-electron chi connectivity index (χ0n) is 12.9. The van der Waals surface area contributed by atoms with Gasteiger partial charge in [-0.1, -0.05) is 29.8 Å². The number of ether oxygens (including phenoxy) is 1. The lowest BCUT2D eigenvalue weighted by atomic mass is 9.94. The molecule has 1 heterocycles. The van der Waals surface area contributed by atoms with Crippen molar-refractivity contribution in [1.29, 1.82) is 0 Å². The van der Waals surface area contributed by atoms with Gasteiger partial charge >= 0.3 is 0 Å². The van der Waals surface area contributed by atoms with Crippen molar-refractivity contribution in [2.24, 2.45) is 0 Å². The van der Waals surface area contributed by atoms with E-state index in [-0.39, 0.29) is 5.91 Å². The molecule has 1 N–H and O–H groups in total. The number of amides is 1. The number of thiazole rings is 1. The molecule has 0 atom stereocenters. The van der Waals surface area contributed by atoms with Crippen LogP contribution in [0.5, 0.6) is 0 Å². The monoisotopic (exact) mass is 338 g/mol. The topological polar surface area (TPSA) is 51.2 Å². The number of nitrogens with zero attached hydrogens (tertiary/aromatic N) is 1. The second kappa shape index (κ2) is 7.22. The fraction of sp³-hybridized carbons (Fsp3) is 0.375. The molecule has 0 fully saturated rings. The van der Waals surface area contributed by atoms with Crippen LogP contribution in [0.1, 0.15) is 34.9 Å². The zero-order chi connectivity index (χ0) is 16.2. The number of hydrogen-bond acceptors (Lipinski definition) is 4. The van der Waals surface area contributed by atoms with Crippen LogP contribution in [-0.2, 0) is 17.8 Å². The summed E-state index contributed by atoms with van der Waals surface area (Å²) >= 11 is 7.60. The molecule has 0 saturated heterocycles. The van der Waals surface area contributed by atoms with Crippen molar-refractivity contribution in [3.05, 3.63) is 50.9 Å². The maximum Gasteiger partial charge on any atom is 0.271 e. The normalized spacial score (nSPS) is 11.5. The Hall–Kier alpha value is -1.43. The molecule has 6 heteroatoms. The summed E-state index contributed by atoms with van der Waals surface area (Å²) in [5.74, 6) is -0.185. The van der Waals surface area contributed by atoms with E-state index in [0.717, 1.165) is 10.6 Å². The first-order valence-electron chi connectivity index (χ1n) is 6.90. The van der Waals surface area contributed by atoms with Crippen LogP contribution >= 0.6 is 22.9 Å². The molecule has 0 radical (unpaired) electrons. The SMILES string of the molecule is COCc1nc(C(=O)NC(C)(C)Cc2ccccc2Cl)cs1. The Bertz CT molecular complexity index is 655. The molecule has 0 aliphatic rings. The number of carbonyl (C=O) groups excluding carboxylic acids is 1. The van der Waals surface area contributed by atoms with Gasteiger partial charge in [-0.15, -0.1) is 11.3 Å². The third kappa shape index (κ3) is 4.53. The van der Waals surface area contributed by atoms with Gasteiger partial charge in [0.05, 0.1) is 6.61 Å². The van der Waals surface area contributed by atoms with Gasteiger partial charge < -0.3 is 10.1 Å². The molecule has 22 heavy (non-hydrogen) atoms. The summed E-state index contributed by atoms with van der Waals surface area (Å²) in [4.78, 5) is 16.6. The molecule has 0 unspecified atom stereocenters. The molecule has 0 aliphatic heterocycles. The average Bonchev–Trinajstić information content (AvgIpc) is 2.90. The minimum atomic E-state index is -0.423. The summed E-state index contributed by atoms with van der Waals surface area (Å²) < 4.78 is 5.02. The molecule has 0 spiro atoms. The van der Waals surface area contributed by atoms with Crippen LogP contribution in [0.25, 0.3) is 0 Å². The molecule has 4 nitrogen and oxygen atoms in total. The van der Waals surface area contributed by atoms with Gasteiger partial charge in [-0.25, -0.2) is 4.98 Å². The summed E-state index contributed by atoms with van der Waals surface area (Å²) in [5, 5.41) is 6.25. The minimum Gasteiger partial charge on any atom is -0.378 e. The number of hydrogen-bond donors (Lipinski definition) is 1. The van der Waals surface area contributed by atoms with Gasteiger partial charge in [-0.05, 0) is 31.9 Å². The van der Waals surface area contributed by atoms with Gasteiger partial charge in [-0.3, -0.25) is 4.79 Å². The van der Waals surface area contributed by atoms with Gasteiger partial charge in [0.2, 0.25) is 0 Å². The zero-order valence-corrected chi connectivity index (χ0v) is 14.4. The molecular formula is C16H19ClN2O2S. The van der Waals surface area contributed by atoms with Gasteiger partial charge in [0.15, 0.2) is 0 Å². The Morgan fingerprint density at radius 3 is 2.82 bits per heavy atom. The van der Waals surface area contributed by atoms with E-state index in [1.165, 1.54) is 11.3 Å². The third-order valence-electron chi connectivity index (χ3n) is 3.09. The van der Waals surface area contributed by atoms with E-state index in [1.54, 1.807) is 12.5 Å². The second-order valence-corrected chi connectivity index (χ2v) is 7.02. The first kappa shape index (κ1) is 16.9. The van der Waals surface area contributed by atoms with Crippen molar-refractivity contribution in [2.45, 2.75) is 32.4 Å². The number of benzene rings is 1. The highest BCUT2D eigenvalue weighted by Gasteiger charge is 2.24. The van der Waals surface area contributed by atoms with E-state index in [0.29, 0.717) is 23.7 Å². The Balaban J connectivity index is 2.04.